The summed E-state index contributed by atoms with van der Waals surface area (Å²) >= 11 is 1.35. The first kappa shape index (κ1) is 21.0. The van der Waals surface area contributed by atoms with E-state index < -0.39 is 6.04 Å². The Balaban J connectivity index is 1.42. The molecule has 1 fully saturated rings. The average Bonchev–Trinajstić information content (AvgIpc) is 3.51. The number of aromatic nitrogens is 3. The van der Waals surface area contributed by atoms with Crippen molar-refractivity contribution in [3.63, 3.8) is 0 Å². The van der Waals surface area contributed by atoms with Gasteiger partial charge in [0.25, 0.3) is 5.91 Å². The molecule has 2 amide bonds. The Bertz CT molecular complexity index is 1030. The Labute approximate surface area is 185 Å². The van der Waals surface area contributed by atoms with Crippen LogP contribution in [0.25, 0.3) is 0 Å². The molecular formula is C22H26N6O2S. The minimum absolute atomic E-state index is 0.208. The normalized spacial score (nSPS) is 14.9. The first-order chi connectivity index (χ1) is 15.1. The second-order valence-electron chi connectivity index (χ2n) is 7.83. The van der Waals surface area contributed by atoms with Crippen LogP contribution in [0, 0.1) is 5.92 Å². The fourth-order valence-corrected chi connectivity index (χ4v) is 4.69. The van der Waals surface area contributed by atoms with Gasteiger partial charge in [-0.25, -0.2) is 0 Å². The fraction of sp³-hybridized carbons (Fsp3) is 0.364. The van der Waals surface area contributed by atoms with Gasteiger partial charge in [-0.2, -0.15) is 5.10 Å². The van der Waals surface area contributed by atoms with E-state index in [1.165, 1.54) is 24.2 Å². The summed E-state index contributed by atoms with van der Waals surface area (Å²) in [6, 6.07) is 6.77. The molecule has 0 bridgehead atoms. The Kier molecular flexibility index (Phi) is 6.61. The highest BCUT2D eigenvalue weighted by molar-refractivity contribution is 7.18. The number of amides is 2. The zero-order valence-electron chi connectivity index (χ0n) is 17.4. The van der Waals surface area contributed by atoms with Crippen LogP contribution in [0.3, 0.4) is 0 Å². The van der Waals surface area contributed by atoms with Gasteiger partial charge in [0.05, 0.1) is 21.8 Å². The molecule has 0 saturated heterocycles. The third-order valence-corrected chi connectivity index (χ3v) is 6.42. The number of thiophene rings is 1. The van der Waals surface area contributed by atoms with Crippen LogP contribution in [-0.2, 0) is 11.8 Å². The topological polar surface area (TPSA) is 101 Å². The van der Waals surface area contributed by atoms with Gasteiger partial charge in [0.2, 0.25) is 5.91 Å². The smallest absolute Gasteiger partial charge is 0.262 e. The number of carbonyl (C=O) groups excluding carboxylic acids is 2. The summed E-state index contributed by atoms with van der Waals surface area (Å²) in [5.74, 6) is 0.00857. The lowest BCUT2D eigenvalue weighted by molar-refractivity contribution is -0.118. The van der Waals surface area contributed by atoms with Gasteiger partial charge in [0.1, 0.15) is 6.04 Å². The zero-order chi connectivity index (χ0) is 21.6. The molecule has 8 nitrogen and oxygen atoms in total. The standard InChI is InChI=1S/C22H26N6O2S/c1-28-14-17(13-24-28)26-21(29)18(12-15-4-2-3-5-15)27-22(30)19-6-7-20(31-19)25-16-8-10-23-11-9-16/h6-11,13-15,18H,2-5,12H2,1H3,(H,23,25)(H,26,29)(H,27,30)/t18-/m0/s1. The van der Waals surface area contributed by atoms with Crippen LogP contribution < -0.4 is 16.0 Å². The lowest BCUT2D eigenvalue weighted by Gasteiger charge is -2.21. The molecule has 3 aromatic rings. The molecule has 0 aromatic carbocycles. The van der Waals surface area contributed by atoms with Gasteiger partial charge >= 0.3 is 0 Å². The number of anilines is 3. The predicted octanol–water partition coefficient (Wildman–Crippen LogP) is 3.94. The molecule has 1 aliphatic carbocycles. The summed E-state index contributed by atoms with van der Waals surface area (Å²) in [5.41, 5.74) is 1.52. The van der Waals surface area contributed by atoms with Gasteiger partial charge in [-0.1, -0.05) is 25.7 Å². The molecule has 4 rings (SSSR count). The minimum atomic E-state index is -0.588. The summed E-state index contributed by atoms with van der Waals surface area (Å²) in [6.45, 7) is 0. The number of nitrogens with one attached hydrogen (secondary N) is 3. The molecule has 0 unspecified atom stereocenters. The SMILES string of the molecule is Cn1cc(NC(=O)[C@H](CC2CCCC2)NC(=O)c2ccc(Nc3ccncc3)s2)cn1. The van der Waals surface area contributed by atoms with Gasteiger partial charge < -0.3 is 16.0 Å². The fourth-order valence-electron chi connectivity index (χ4n) is 3.86. The van der Waals surface area contributed by atoms with Crippen LogP contribution in [0.5, 0.6) is 0 Å². The highest BCUT2D eigenvalue weighted by atomic mass is 32.1. The summed E-state index contributed by atoms with van der Waals surface area (Å²) in [4.78, 5) is 30.4. The molecule has 3 N–H and O–H groups in total. The van der Waals surface area contributed by atoms with Crippen molar-refractivity contribution in [3.8, 4) is 0 Å². The number of aryl methyl sites for hydroxylation is 1. The molecule has 1 atom stereocenters. The van der Waals surface area contributed by atoms with E-state index in [4.69, 9.17) is 0 Å². The Morgan fingerprint density at radius 2 is 1.94 bits per heavy atom. The average molecular weight is 439 g/mol. The van der Waals surface area contributed by atoms with Crippen LogP contribution in [0.1, 0.15) is 41.8 Å². The van der Waals surface area contributed by atoms with E-state index in [9.17, 15) is 9.59 Å². The maximum Gasteiger partial charge on any atom is 0.262 e. The summed E-state index contributed by atoms with van der Waals surface area (Å²) < 4.78 is 1.63. The third kappa shape index (κ3) is 5.69. The molecule has 0 spiro atoms. The second kappa shape index (κ2) is 9.74. The lowest BCUT2D eigenvalue weighted by atomic mass is 9.97. The minimum Gasteiger partial charge on any atom is -0.347 e. The van der Waals surface area contributed by atoms with Crippen LogP contribution in [0.15, 0.2) is 49.1 Å². The van der Waals surface area contributed by atoms with Gasteiger partial charge in [-0.15, -0.1) is 11.3 Å². The van der Waals surface area contributed by atoms with E-state index in [2.05, 4.69) is 26.0 Å². The van der Waals surface area contributed by atoms with Crippen LogP contribution in [0.4, 0.5) is 16.4 Å². The first-order valence-electron chi connectivity index (χ1n) is 10.4. The van der Waals surface area contributed by atoms with Crippen molar-refractivity contribution < 1.29 is 9.59 Å². The van der Waals surface area contributed by atoms with E-state index in [-0.39, 0.29) is 11.8 Å². The monoisotopic (exact) mass is 438 g/mol. The summed E-state index contributed by atoms with van der Waals surface area (Å²) in [6.07, 6.45) is 12.0. The molecule has 3 aromatic heterocycles. The Hall–Kier alpha value is -3.20. The number of rotatable bonds is 8. The number of hydrogen-bond acceptors (Lipinski definition) is 6. The maximum absolute atomic E-state index is 12.9. The van der Waals surface area contributed by atoms with Crippen molar-refractivity contribution in [2.45, 2.75) is 38.1 Å². The zero-order valence-corrected chi connectivity index (χ0v) is 18.2. The van der Waals surface area contributed by atoms with E-state index in [0.717, 1.165) is 23.5 Å². The Morgan fingerprint density at radius 3 is 2.65 bits per heavy atom. The molecular weight excluding hydrogens is 412 g/mol. The van der Waals surface area contributed by atoms with Crippen molar-refractivity contribution in [2.75, 3.05) is 10.6 Å². The van der Waals surface area contributed by atoms with E-state index in [0.29, 0.717) is 22.9 Å². The van der Waals surface area contributed by atoms with Crippen LogP contribution in [-0.4, -0.2) is 32.6 Å². The molecule has 0 radical (unpaired) electrons. The molecule has 1 aliphatic rings. The molecule has 162 valence electrons. The molecule has 0 aliphatic heterocycles. The van der Waals surface area contributed by atoms with Gasteiger partial charge in [0.15, 0.2) is 0 Å². The van der Waals surface area contributed by atoms with E-state index in [1.54, 1.807) is 42.6 Å². The second-order valence-corrected chi connectivity index (χ2v) is 8.91. The summed E-state index contributed by atoms with van der Waals surface area (Å²) in [7, 11) is 1.79. The number of hydrogen-bond donors (Lipinski definition) is 3. The van der Waals surface area contributed by atoms with E-state index >= 15 is 0 Å². The van der Waals surface area contributed by atoms with Crippen molar-refractivity contribution >= 4 is 39.5 Å². The van der Waals surface area contributed by atoms with Crippen LogP contribution in [0.2, 0.25) is 0 Å². The number of carbonyl (C=O) groups is 2. The molecule has 1 saturated carbocycles. The maximum atomic E-state index is 12.9. The molecule has 3 heterocycles. The van der Waals surface area contributed by atoms with Crippen molar-refractivity contribution in [1.82, 2.24) is 20.1 Å². The van der Waals surface area contributed by atoms with Crippen molar-refractivity contribution in [3.05, 3.63) is 53.9 Å². The van der Waals surface area contributed by atoms with Gasteiger partial charge in [0, 0.05) is 31.3 Å². The van der Waals surface area contributed by atoms with Gasteiger partial charge in [-0.3, -0.25) is 19.3 Å². The quantitative estimate of drug-likeness (QED) is 0.495. The number of nitrogens with zero attached hydrogens (tertiary/aromatic N) is 3. The highest BCUT2D eigenvalue weighted by Crippen LogP contribution is 2.30. The van der Waals surface area contributed by atoms with Crippen LogP contribution >= 0.6 is 11.3 Å². The molecule has 31 heavy (non-hydrogen) atoms. The van der Waals surface area contributed by atoms with E-state index in [1.807, 2.05) is 18.2 Å². The first-order valence-corrected chi connectivity index (χ1v) is 11.3. The Morgan fingerprint density at radius 1 is 1.16 bits per heavy atom. The van der Waals surface area contributed by atoms with Gasteiger partial charge in [-0.05, 0) is 36.6 Å². The predicted molar refractivity (Wildman–Crippen MR) is 122 cm³/mol. The third-order valence-electron chi connectivity index (χ3n) is 5.42. The highest BCUT2D eigenvalue weighted by Gasteiger charge is 2.27. The van der Waals surface area contributed by atoms with Crippen molar-refractivity contribution in [2.24, 2.45) is 13.0 Å². The summed E-state index contributed by atoms with van der Waals surface area (Å²) in [5, 5.41) is 14.0. The number of pyridine rings is 1. The lowest BCUT2D eigenvalue weighted by Crippen LogP contribution is -2.44. The van der Waals surface area contributed by atoms with Crippen molar-refractivity contribution in [1.29, 1.82) is 0 Å². The molecule has 9 heteroatoms. The largest absolute Gasteiger partial charge is 0.347 e.